The molecule has 0 aliphatic carbocycles. The lowest BCUT2D eigenvalue weighted by Crippen LogP contribution is -1.74. The zero-order valence-electron chi connectivity index (χ0n) is 6.53. The van der Waals surface area contributed by atoms with Crippen molar-refractivity contribution >= 4 is 17.5 Å². The molecule has 0 saturated heterocycles. The van der Waals surface area contributed by atoms with Crippen LogP contribution in [0.3, 0.4) is 0 Å². The molecule has 0 saturated carbocycles. The summed E-state index contributed by atoms with van der Waals surface area (Å²) in [5.74, 6) is -0.676. The van der Waals surface area contributed by atoms with Crippen LogP contribution in [-0.2, 0) is 4.79 Å². The van der Waals surface area contributed by atoms with E-state index in [4.69, 9.17) is 16.5 Å². The fourth-order valence-electron chi connectivity index (χ4n) is 0.415. The van der Waals surface area contributed by atoms with Crippen molar-refractivity contribution in [2.75, 3.05) is 0 Å². The number of carbonyl (C=O) groups excluding carboxylic acids is 1. The van der Waals surface area contributed by atoms with Crippen molar-refractivity contribution in [1.82, 2.24) is 0 Å². The van der Waals surface area contributed by atoms with Crippen molar-refractivity contribution in [3.8, 4) is 0 Å². The molecular formula is C8H8ClNO2. The van der Waals surface area contributed by atoms with Crippen LogP contribution in [0.25, 0.3) is 0 Å². The number of halogens is 1. The predicted octanol–water partition coefficient (Wildman–Crippen LogP) is 2.64. The van der Waals surface area contributed by atoms with E-state index < -0.39 is 5.91 Å². The molecule has 0 N–H and O–H groups in total. The molecule has 0 aromatic heterocycles. The van der Waals surface area contributed by atoms with Crippen molar-refractivity contribution in [2.24, 2.45) is 5.18 Å². The van der Waals surface area contributed by atoms with E-state index in [0.29, 0.717) is 0 Å². The first-order chi connectivity index (χ1) is 5.66. The van der Waals surface area contributed by atoms with Gasteiger partial charge in [-0.1, -0.05) is 29.8 Å². The summed E-state index contributed by atoms with van der Waals surface area (Å²) >= 11 is 5.54. The van der Waals surface area contributed by atoms with Gasteiger partial charge in [0.2, 0.25) is 0 Å². The average molecular weight is 186 g/mol. The summed E-state index contributed by atoms with van der Waals surface area (Å²) in [7, 11) is 0. The summed E-state index contributed by atoms with van der Waals surface area (Å²) in [5, 5.41) is 2.79. The van der Waals surface area contributed by atoms with Gasteiger partial charge in [-0.2, -0.15) is 0 Å². The van der Waals surface area contributed by atoms with Gasteiger partial charge in [-0.05, 0) is 12.1 Å². The van der Waals surface area contributed by atoms with Crippen molar-refractivity contribution in [2.45, 2.75) is 6.92 Å². The molecule has 0 fully saturated rings. The van der Waals surface area contributed by atoms with Crippen LogP contribution in [-0.4, -0.2) is 5.91 Å². The minimum Gasteiger partial charge on any atom is -0.269 e. The second-order valence-electron chi connectivity index (χ2n) is 1.91. The summed E-state index contributed by atoms with van der Waals surface area (Å²) in [6.07, 6.45) is 0. The highest BCUT2D eigenvalue weighted by Gasteiger charge is 1.77. The van der Waals surface area contributed by atoms with Crippen molar-refractivity contribution < 1.29 is 4.79 Å². The van der Waals surface area contributed by atoms with E-state index in [0.717, 1.165) is 11.9 Å². The topological polar surface area (TPSA) is 46.5 Å². The first kappa shape index (κ1) is 10.8. The summed E-state index contributed by atoms with van der Waals surface area (Å²) in [6.45, 7) is 1.10. The van der Waals surface area contributed by atoms with E-state index in [9.17, 15) is 4.79 Å². The molecule has 12 heavy (non-hydrogen) atoms. The van der Waals surface area contributed by atoms with Gasteiger partial charge in [0.05, 0.1) is 0 Å². The van der Waals surface area contributed by atoms with Crippen LogP contribution in [0.5, 0.6) is 0 Å². The molecule has 3 nitrogen and oxygen atoms in total. The van der Waals surface area contributed by atoms with Gasteiger partial charge < -0.3 is 0 Å². The van der Waals surface area contributed by atoms with Crippen LogP contribution in [0, 0.1) is 4.91 Å². The van der Waals surface area contributed by atoms with E-state index in [-0.39, 0.29) is 0 Å². The van der Waals surface area contributed by atoms with Crippen LogP contribution < -0.4 is 0 Å². The molecule has 0 unspecified atom stereocenters. The molecule has 1 aromatic carbocycles. The van der Waals surface area contributed by atoms with Gasteiger partial charge in [-0.25, -0.2) is 0 Å². The van der Waals surface area contributed by atoms with Crippen molar-refractivity contribution in [1.29, 1.82) is 0 Å². The first-order valence-corrected chi connectivity index (χ1v) is 3.59. The number of hydrogen-bond donors (Lipinski definition) is 0. The maximum absolute atomic E-state index is 9.33. The van der Waals surface area contributed by atoms with Gasteiger partial charge in [0.25, 0.3) is 5.91 Å². The van der Waals surface area contributed by atoms with Crippen LogP contribution in [0.2, 0.25) is 5.02 Å². The lowest BCUT2D eigenvalue weighted by molar-refractivity contribution is -0.115. The molecular weight excluding hydrogens is 178 g/mol. The maximum atomic E-state index is 9.33. The third-order valence-electron chi connectivity index (χ3n) is 0.862. The molecule has 4 heteroatoms. The third kappa shape index (κ3) is 6.89. The summed E-state index contributed by atoms with van der Waals surface area (Å²) in [5.41, 5.74) is 0. The quantitative estimate of drug-likeness (QED) is 0.584. The Hall–Kier alpha value is -1.22. The summed E-state index contributed by atoms with van der Waals surface area (Å²) in [4.78, 5) is 18.2. The maximum Gasteiger partial charge on any atom is 0.283 e. The Kier molecular flexibility index (Phi) is 5.83. The van der Waals surface area contributed by atoms with E-state index in [1.54, 1.807) is 0 Å². The molecule has 64 valence electrons. The number of amides is 1. The number of rotatable bonds is 0. The third-order valence-corrected chi connectivity index (χ3v) is 1.11. The van der Waals surface area contributed by atoms with Crippen LogP contribution in [0.1, 0.15) is 6.92 Å². The second-order valence-corrected chi connectivity index (χ2v) is 2.34. The molecule has 0 spiro atoms. The SMILES string of the molecule is CC(=O)N=O.Clc1ccccc1. The molecule has 0 radical (unpaired) electrons. The average Bonchev–Trinajstić information content (AvgIpc) is 2.07. The first-order valence-electron chi connectivity index (χ1n) is 3.21. The fourth-order valence-corrected chi connectivity index (χ4v) is 0.560. The van der Waals surface area contributed by atoms with E-state index >= 15 is 0 Å². The van der Waals surface area contributed by atoms with Crippen molar-refractivity contribution in [3.63, 3.8) is 0 Å². The zero-order chi connectivity index (χ0) is 9.40. The lowest BCUT2D eigenvalue weighted by Gasteiger charge is -1.80. The Morgan fingerprint density at radius 1 is 1.33 bits per heavy atom. The Balaban J connectivity index is 0.000000217. The van der Waals surface area contributed by atoms with Crippen LogP contribution in [0.4, 0.5) is 0 Å². The zero-order valence-corrected chi connectivity index (χ0v) is 7.28. The van der Waals surface area contributed by atoms with Crippen LogP contribution in [0.15, 0.2) is 35.5 Å². The highest BCUT2D eigenvalue weighted by molar-refractivity contribution is 6.30. The molecule has 1 aromatic rings. The predicted molar refractivity (Wildman–Crippen MR) is 47.9 cm³/mol. The fraction of sp³-hybridized carbons (Fsp3) is 0.125. The molecule has 0 aliphatic heterocycles. The minimum absolute atomic E-state index is 0.676. The molecule has 1 rings (SSSR count). The van der Waals surface area contributed by atoms with Gasteiger partial charge in [0, 0.05) is 17.1 Å². The van der Waals surface area contributed by atoms with E-state index in [2.05, 4.69) is 0 Å². The number of nitroso groups, excluding NO2 is 1. The molecule has 0 bridgehead atoms. The Bertz CT molecular complexity index is 248. The lowest BCUT2D eigenvalue weighted by atomic mass is 10.4. The Morgan fingerprint density at radius 2 is 1.75 bits per heavy atom. The highest BCUT2D eigenvalue weighted by Crippen LogP contribution is 2.03. The number of benzene rings is 1. The van der Waals surface area contributed by atoms with E-state index in [1.165, 1.54) is 0 Å². The van der Waals surface area contributed by atoms with Gasteiger partial charge in [-0.3, -0.25) is 4.79 Å². The molecule has 1 amide bonds. The summed E-state index contributed by atoms with van der Waals surface area (Å²) in [6, 6.07) is 9.44. The van der Waals surface area contributed by atoms with Gasteiger partial charge in [0.1, 0.15) is 0 Å². The number of nitrogens with zero attached hydrogens (tertiary/aromatic N) is 1. The Morgan fingerprint density at radius 3 is 1.92 bits per heavy atom. The smallest absolute Gasteiger partial charge is 0.269 e. The molecule has 0 aliphatic rings. The minimum atomic E-state index is -0.676. The number of carbonyl (C=O) groups is 1. The normalized spacial score (nSPS) is 7.83. The molecule has 0 heterocycles. The largest absolute Gasteiger partial charge is 0.283 e. The van der Waals surface area contributed by atoms with Gasteiger partial charge in [-0.15, -0.1) is 4.91 Å². The van der Waals surface area contributed by atoms with Gasteiger partial charge >= 0.3 is 0 Å². The van der Waals surface area contributed by atoms with Crippen LogP contribution >= 0.6 is 11.6 Å². The monoisotopic (exact) mass is 185 g/mol. The van der Waals surface area contributed by atoms with Crippen molar-refractivity contribution in [3.05, 3.63) is 40.3 Å². The summed E-state index contributed by atoms with van der Waals surface area (Å²) < 4.78 is 0. The molecule has 0 atom stereocenters. The number of hydrogen-bond acceptors (Lipinski definition) is 2. The standard InChI is InChI=1S/C6H5Cl.C2H3NO2/c7-6-4-2-1-3-5-6;1-2(4)3-5/h1-5H;1H3. The highest BCUT2D eigenvalue weighted by atomic mass is 35.5. The van der Waals surface area contributed by atoms with Gasteiger partial charge in [0.15, 0.2) is 0 Å². The van der Waals surface area contributed by atoms with E-state index in [1.807, 2.05) is 35.5 Å². The second kappa shape index (κ2) is 6.49. The Labute approximate surface area is 75.3 Å².